The molecule has 1 heterocycles. The first-order chi connectivity index (χ1) is 8.66. The average molecular weight is 256 g/mol. The molecule has 2 heteroatoms. The molecule has 0 N–H and O–H groups in total. The number of hydrogen-bond donors (Lipinski definition) is 0. The summed E-state index contributed by atoms with van der Waals surface area (Å²) in [5.74, 6) is 0. The summed E-state index contributed by atoms with van der Waals surface area (Å²) in [5.41, 5.74) is 0.0168. The lowest BCUT2D eigenvalue weighted by atomic mass is 9.87. The molecule has 0 aromatic rings. The van der Waals surface area contributed by atoms with E-state index in [2.05, 4.69) is 27.7 Å². The Bertz CT molecular complexity index is 177. The molecule has 0 saturated carbocycles. The third kappa shape index (κ3) is 3.96. The van der Waals surface area contributed by atoms with Gasteiger partial charge < -0.3 is 9.47 Å². The molecule has 2 nitrogen and oxygen atoms in total. The van der Waals surface area contributed by atoms with Gasteiger partial charge in [-0.1, -0.05) is 53.4 Å². The minimum atomic E-state index is 0.00842. The molecular formula is C16H32O2. The van der Waals surface area contributed by atoms with Crippen LogP contribution in [-0.2, 0) is 9.47 Å². The first-order valence-corrected chi connectivity index (χ1v) is 7.94. The van der Waals surface area contributed by atoms with Crippen LogP contribution in [0.4, 0.5) is 0 Å². The second kappa shape index (κ2) is 7.49. The van der Waals surface area contributed by atoms with Crippen molar-refractivity contribution in [1.29, 1.82) is 0 Å². The van der Waals surface area contributed by atoms with E-state index in [1.807, 2.05) is 0 Å². The molecule has 0 amide bonds. The molecule has 1 saturated heterocycles. The first kappa shape index (κ1) is 16.0. The van der Waals surface area contributed by atoms with Gasteiger partial charge in [0.15, 0.2) is 0 Å². The van der Waals surface area contributed by atoms with Gasteiger partial charge in [-0.2, -0.15) is 0 Å². The van der Waals surface area contributed by atoms with E-state index in [1.165, 1.54) is 25.7 Å². The van der Waals surface area contributed by atoms with Gasteiger partial charge in [0.1, 0.15) is 0 Å². The maximum atomic E-state index is 6.34. The quantitative estimate of drug-likeness (QED) is 0.626. The van der Waals surface area contributed by atoms with E-state index >= 15 is 0 Å². The highest BCUT2D eigenvalue weighted by molar-refractivity contribution is 4.91. The third-order valence-electron chi connectivity index (χ3n) is 4.11. The standard InChI is InChI=1S/C16H32O2/c1-5-9-15(10-6-2)13-18-16(11-7-3,12-8-4)14-17-15/h5-14H2,1-4H3. The highest BCUT2D eigenvalue weighted by Gasteiger charge is 2.42. The van der Waals surface area contributed by atoms with Crippen molar-refractivity contribution in [3.05, 3.63) is 0 Å². The van der Waals surface area contributed by atoms with Crippen LogP contribution in [0.25, 0.3) is 0 Å². The number of hydrogen-bond acceptors (Lipinski definition) is 2. The second-order valence-corrected chi connectivity index (χ2v) is 5.94. The fourth-order valence-corrected chi connectivity index (χ4v) is 3.30. The third-order valence-corrected chi connectivity index (χ3v) is 4.11. The van der Waals surface area contributed by atoms with E-state index in [0.717, 1.165) is 38.9 Å². The summed E-state index contributed by atoms with van der Waals surface area (Å²) >= 11 is 0. The van der Waals surface area contributed by atoms with Crippen LogP contribution in [0.1, 0.15) is 79.1 Å². The van der Waals surface area contributed by atoms with Crippen LogP contribution < -0.4 is 0 Å². The van der Waals surface area contributed by atoms with Crippen LogP contribution in [0.5, 0.6) is 0 Å². The fourth-order valence-electron chi connectivity index (χ4n) is 3.30. The fraction of sp³-hybridized carbons (Fsp3) is 1.00. The van der Waals surface area contributed by atoms with Crippen LogP contribution in [-0.4, -0.2) is 24.4 Å². The normalized spacial score (nSPS) is 22.0. The largest absolute Gasteiger partial charge is 0.370 e. The topological polar surface area (TPSA) is 18.5 Å². The molecule has 1 rings (SSSR count). The zero-order valence-corrected chi connectivity index (χ0v) is 12.9. The predicted octanol–water partition coefficient (Wildman–Crippen LogP) is 4.71. The van der Waals surface area contributed by atoms with Crippen molar-refractivity contribution in [2.75, 3.05) is 13.2 Å². The van der Waals surface area contributed by atoms with Crippen LogP contribution in [0.3, 0.4) is 0 Å². The predicted molar refractivity (Wildman–Crippen MR) is 77.0 cm³/mol. The Morgan fingerprint density at radius 3 is 1.06 bits per heavy atom. The zero-order valence-electron chi connectivity index (χ0n) is 12.9. The van der Waals surface area contributed by atoms with Gasteiger partial charge >= 0.3 is 0 Å². The summed E-state index contributed by atoms with van der Waals surface area (Å²) in [6.07, 6.45) is 9.25. The lowest BCUT2D eigenvalue weighted by Gasteiger charge is -2.47. The lowest BCUT2D eigenvalue weighted by Crippen LogP contribution is -2.53. The molecule has 1 fully saturated rings. The molecule has 1 aliphatic rings. The van der Waals surface area contributed by atoms with Crippen molar-refractivity contribution >= 4 is 0 Å². The SMILES string of the molecule is CCCC1(CCC)COC(CCC)(CCC)CO1. The van der Waals surface area contributed by atoms with Gasteiger partial charge in [-0.05, 0) is 25.7 Å². The smallest absolute Gasteiger partial charge is 0.0916 e. The van der Waals surface area contributed by atoms with Gasteiger partial charge in [-0.15, -0.1) is 0 Å². The van der Waals surface area contributed by atoms with Crippen LogP contribution in [0.15, 0.2) is 0 Å². The molecule has 0 aromatic heterocycles. The zero-order chi connectivity index (χ0) is 13.5. The van der Waals surface area contributed by atoms with Crippen molar-refractivity contribution in [3.8, 4) is 0 Å². The summed E-state index contributed by atoms with van der Waals surface area (Å²) in [6.45, 7) is 10.5. The minimum absolute atomic E-state index is 0.00842. The van der Waals surface area contributed by atoms with E-state index in [-0.39, 0.29) is 11.2 Å². The first-order valence-electron chi connectivity index (χ1n) is 7.94. The van der Waals surface area contributed by atoms with Gasteiger partial charge in [0, 0.05) is 0 Å². The molecule has 0 radical (unpaired) electrons. The van der Waals surface area contributed by atoms with E-state index in [9.17, 15) is 0 Å². The molecule has 0 bridgehead atoms. The molecule has 0 unspecified atom stereocenters. The highest BCUT2D eigenvalue weighted by Crippen LogP contribution is 2.37. The van der Waals surface area contributed by atoms with Gasteiger partial charge in [-0.3, -0.25) is 0 Å². The molecule has 108 valence electrons. The molecule has 0 spiro atoms. The van der Waals surface area contributed by atoms with Gasteiger partial charge in [0.05, 0.1) is 24.4 Å². The monoisotopic (exact) mass is 256 g/mol. The maximum absolute atomic E-state index is 6.34. The lowest BCUT2D eigenvalue weighted by molar-refractivity contribution is -0.244. The van der Waals surface area contributed by atoms with Crippen molar-refractivity contribution in [2.24, 2.45) is 0 Å². The number of ether oxygens (including phenoxy) is 2. The Balaban J connectivity index is 2.64. The van der Waals surface area contributed by atoms with E-state index in [4.69, 9.17) is 9.47 Å². The molecule has 0 aromatic carbocycles. The minimum Gasteiger partial charge on any atom is -0.370 e. The summed E-state index contributed by atoms with van der Waals surface area (Å²) in [6, 6.07) is 0. The van der Waals surface area contributed by atoms with Gasteiger partial charge in [0.25, 0.3) is 0 Å². The van der Waals surface area contributed by atoms with Crippen molar-refractivity contribution in [2.45, 2.75) is 90.3 Å². The van der Waals surface area contributed by atoms with E-state index < -0.39 is 0 Å². The van der Waals surface area contributed by atoms with Crippen molar-refractivity contribution < 1.29 is 9.47 Å². The Kier molecular flexibility index (Phi) is 6.65. The van der Waals surface area contributed by atoms with Crippen LogP contribution >= 0.6 is 0 Å². The molecule has 0 atom stereocenters. The summed E-state index contributed by atoms with van der Waals surface area (Å²) < 4.78 is 12.7. The Morgan fingerprint density at radius 2 is 0.889 bits per heavy atom. The molecule has 0 aliphatic carbocycles. The Labute approximate surface area is 113 Å². The highest BCUT2D eigenvalue weighted by atomic mass is 16.6. The summed E-state index contributed by atoms with van der Waals surface area (Å²) in [7, 11) is 0. The van der Waals surface area contributed by atoms with Crippen molar-refractivity contribution in [3.63, 3.8) is 0 Å². The maximum Gasteiger partial charge on any atom is 0.0916 e. The number of rotatable bonds is 8. The Hall–Kier alpha value is -0.0800. The summed E-state index contributed by atoms with van der Waals surface area (Å²) in [5, 5.41) is 0. The molecule has 18 heavy (non-hydrogen) atoms. The van der Waals surface area contributed by atoms with E-state index in [0.29, 0.717) is 0 Å². The Morgan fingerprint density at radius 1 is 0.611 bits per heavy atom. The molecule has 1 aliphatic heterocycles. The average Bonchev–Trinajstić information content (AvgIpc) is 2.35. The van der Waals surface area contributed by atoms with E-state index in [1.54, 1.807) is 0 Å². The van der Waals surface area contributed by atoms with Gasteiger partial charge in [0.2, 0.25) is 0 Å². The molecular weight excluding hydrogens is 224 g/mol. The van der Waals surface area contributed by atoms with Gasteiger partial charge in [-0.25, -0.2) is 0 Å². The van der Waals surface area contributed by atoms with Crippen LogP contribution in [0.2, 0.25) is 0 Å². The van der Waals surface area contributed by atoms with Crippen LogP contribution in [0, 0.1) is 0 Å². The second-order valence-electron chi connectivity index (χ2n) is 5.94. The summed E-state index contributed by atoms with van der Waals surface area (Å²) in [4.78, 5) is 0. The van der Waals surface area contributed by atoms with Crippen molar-refractivity contribution in [1.82, 2.24) is 0 Å².